The first-order valence-electron chi connectivity index (χ1n) is 5.72. The quantitative estimate of drug-likeness (QED) is 0.890. The van der Waals surface area contributed by atoms with Gasteiger partial charge in [0, 0.05) is 12.2 Å². The molecule has 104 valence electrons. The van der Waals surface area contributed by atoms with Gasteiger partial charge >= 0.3 is 6.18 Å². The molecule has 1 rings (SSSR count). The second-order valence-corrected chi connectivity index (χ2v) is 5.22. The van der Waals surface area contributed by atoms with Crippen LogP contribution in [0.15, 0.2) is 18.2 Å². The van der Waals surface area contributed by atoms with Gasteiger partial charge in [0.15, 0.2) is 0 Å². The van der Waals surface area contributed by atoms with Gasteiger partial charge in [-0.2, -0.15) is 30.2 Å². The lowest BCUT2D eigenvalue weighted by Gasteiger charge is -2.15. The maximum atomic E-state index is 12.8. The second-order valence-electron chi connectivity index (χ2n) is 4.31. The fourth-order valence-corrected chi connectivity index (χ4v) is 2.31. The number of thioether (sulfide) groups is 1. The van der Waals surface area contributed by atoms with Gasteiger partial charge in [-0.15, -0.1) is 0 Å². The highest BCUT2D eigenvalue weighted by molar-refractivity contribution is 7.98. The number of hydrogen-bond acceptors (Lipinski definition) is 3. The van der Waals surface area contributed by atoms with Gasteiger partial charge in [-0.3, -0.25) is 0 Å². The van der Waals surface area contributed by atoms with Gasteiger partial charge in [0.05, 0.1) is 17.2 Å². The minimum absolute atomic E-state index is 0.352. The van der Waals surface area contributed by atoms with Gasteiger partial charge in [0.25, 0.3) is 0 Å². The minimum atomic E-state index is -4.51. The van der Waals surface area contributed by atoms with Crippen molar-refractivity contribution in [2.75, 3.05) is 23.9 Å². The summed E-state index contributed by atoms with van der Waals surface area (Å²) >= 11 is 1.70. The van der Waals surface area contributed by atoms with Crippen molar-refractivity contribution in [3.8, 4) is 6.07 Å². The molecule has 0 aliphatic carbocycles. The average Bonchev–Trinajstić information content (AvgIpc) is 2.35. The number of rotatable bonds is 5. The first-order valence-corrected chi connectivity index (χ1v) is 7.12. The number of nitrogens with one attached hydrogen (secondary N) is 1. The highest BCUT2D eigenvalue weighted by Gasteiger charge is 2.33. The average molecular weight is 288 g/mol. The summed E-state index contributed by atoms with van der Waals surface area (Å²) in [4.78, 5) is 0. The molecule has 1 unspecified atom stereocenters. The van der Waals surface area contributed by atoms with Gasteiger partial charge in [0.2, 0.25) is 0 Å². The van der Waals surface area contributed by atoms with E-state index in [9.17, 15) is 13.2 Å². The fourth-order valence-electron chi connectivity index (χ4n) is 1.62. The van der Waals surface area contributed by atoms with Crippen molar-refractivity contribution < 1.29 is 13.2 Å². The van der Waals surface area contributed by atoms with Gasteiger partial charge in [-0.05, 0) is 36.1 Å². The van der Waals surface area contributed by atoms with Crippen LogP contribution in [-0.2, 0) is 6.18 Å². The van der Waals surface area contributed by atoms with Gasteiger partial charge < -0.3 is 5.32 Å². The normalized spacial score (nSPS) is 12.8. The van der Waals surface area contributed by atoms with Crippen molar-refractivity contribution >= 4 is 17.4 Å². The molecule has 0 bridgehead atoms. The molecule has 19 heavy (non-hydrogen) atoms. The molecule has 0 saturated heterocycles. The standard InChI is InChI=1S/C13H15F3N2S/c1-9(8-19-2)7-18-11-4-3-10(6-17)12(5-11)13(14,15)16/h3-5,9,18H,7-8H2,1-2H3. The Hall–Kier alpha value is -1.35. The fraction of sp³-hybridized carbons (Fsp3) is 0.462. The van der Waals surface area contributed by atoms with Gasteiger partial charge in [-0.25, -0.2) is 0 Å². The van der Waals surface area contributed by atoms with Crippen molar-refractivity contribution in [3.05, 3.63) is 29.3 Å². The summed E-state index contributed by atoms with van der Waals surface area (Å²) in [5.41, 5.74) is -0.855. The zero-order chi connectivity index (χ0) is 14.5. The summed E-state index contributed by atoms with van der Waals surface area (Å²) in [7, 11) is 0. The van der Waals surface area contributed by atoms with E-state index in [0.29, 0.717) is 18.2 Å². The Labute approximate surface area is 115 Å². The van der Waals surface area contributed by atoms with Crippen molar-refractivity contribution in [2.45, 2.75) is 13.1 Å². The predicted octanol–water partition coefficient (Wildman–Crippen LogP) is 3.99. The molecular weight excluding hydrogens is 273 g/mol. The lowest BCUT2D eigenvalue weighted by molar-refractivity contribution is -0.137. The van der Waals surface area contributed by atoms with Gasteiger partial charge in [-0.1, -0.05) is 6.92 Å². The third-order valence-electron chi connectivity index (χ3n) is 2.55. The van der Waals surface area contributed by atoms with Gasteiger partial charge in [0.1, 0.15) is 0 Å². The Kier molecular flexibility index (Phi) is 5.55. The maximum absolute atomic E-state index is 12.8. The molecule has 0 fully saturated rings. The van der Waals surface area contributed by atoms with E-state index in [2.05, 4.69) is 5.32 Å². The van der Waals surface area contributed by atoms with Crippen LogP contribution in [0.4, 0.5) is 18.9 Å². The second kappa shape index (κ2) is 6.71. The number of hydrogen-bond donors (Lipinski definition) is 1. The predicted molar refractivity (Wildman–Crippen MR) is 72.2 cm³/mol. The molecule has 0 aromatic heterocycles. The zero-order valence-corrected chi connectivity index (χ0v) is 11.5. The number of anilines is 1. The molecule has 0 aliphatic rings. The highest BCUT2D eigenvalue weighted by atomic mass is 32.2. The van der Waals surface area contributed by atoms with E-state index >= 15 is 0 Å². The summed E-state index contributed by atoms with van der Waals surface area (Å²) in [5, 5.41) is 11.7. The van der Waals surface area contributed by atoms with E-state index in [1.54, 1.807) is 17.8 Å². The third kappa shape index (κ3) is 4.67. The van der Waals surface area contributed by atoms with Crippen molar-refractivity contribution in [1.82, 2.24) is 0 Å². The number of alkyl halides is 3. The topological polar surface area (TPSA) is 35.8 Å². The summed E-state index contributed by atoms with van der Waals surface area (Å²) in [5.74, 6) is 1.30. The molecule has 0 saturated carbocycles. The van der Waals surface area contributed by atoms with Crippen molar-refractivity contribution in [1.29, 1.82) is 5.26 Å². The molecule has 1 aromatic rings. The molecule has 2 nitrogen and oxygen atoms in total. The van der Waals surface area contributed by atoms with E-state index in [1.807, 2.05) is 13.2 Å². The largest absolute Gasteiger partial charge is 0.417 e. The van der Waals surface area contributed by atoms with Crippen LogP contribution in [0.2, 0.25) is 0 Å². The van der Waals surface area contributed by atoms with Crippen LogP contribution in [0.5, 0.6) is 0 Å². The molecule has 1 atom stereocenters. The smallest absolute Gasteiger partial charge is 0.385 e. The van der Waals surface area contributed by atoms with E-state index in [-0.39, 0.29) is 5.56 Å². The maximum Gasteiger partial charge on any atom is 0.417 e. The summed E-state index contributed by atoms with van der Waals surface area (Å²) in [6.07, 6.45) is -2.52. The van der Waals surface area contributed by atoms with Crippen LogP contribution in [0.25, 0.3) is 0 Å². The Morgan fingerprint density at radius 3 is 2.63 bits per heavy atom. The molecule has 1 N–H and O–H groups in total. The summed E-state index contributed by atoms with van der Waals surface area (Å²) in [6, 6.07) is 5.25. The van der Waals surface area contributed by atoms with Crippen molar-refractivity contribution in [2.24, 2.45) is 5.92 Å². The number of nitriles is 1. The third-order valence-corrected chi connectivity index (χ3v) is 3.45. The highest BCUT2D eigenvalue weighted by Crippen LogP contribution is 2.33. The lowest BCUT2D eigenvalue weighted by Crippen LogP contribution is -2.14. The van der Waals surface area contributed by atoms with Crippen LogP contribution < -0.4 is 5.32 Å². The van der Waals surface area contributed by atoms with Crippen molar-refractivity contribution in [3.63, 3.8) is 0 Å². The number of benzene rings is 1. The first kappa shape index (κ1) is 15.7. The first-order chi connectivity index (χ1) is 8.88. The summed E-state index contributed by atoms with van der Waals surface area (Å²) in [6.45, 7) is 2.63. The number of halogens is 3. The lowest BCUT2D eigenvalue weighted by atomic mass is 10.1. The Morgan fingerprint density at radius 2 is 2.11 bits per heavy atom. The van der Waals surface area contributed by atoms with Crippen LogP contribution >= 0.6 is 11.8 Å². The molecule has 0 amide bonds. The van der Waals surface area contributed by atoms with Crippen LogP contribution in [0, 0.1) is 17.2 Å². The van der Waals surface area contributed by atoms with E-state index in [0.717, 1.165) is 11.8 Å². The van der Waals surface area contributed by atoms with E-state index in [4.69, 9.17) is 5.26 Å². The SMILES string of the molecule is CSCC(C)CNc1ccc(C#N)c(C(F)(F)F)c1. The minimum Gasteiger partial charge on any atom is -0.385 e. The molecule has 0 spiro atoms. The molecule has 0 radical (unpaired) electrons. The monoisotopic (exact) mass is 288 g/mol. The molecule has 0 heterocycles. The zero-order valence-electron chi connectivity index (χ0n) is 10.7. The molecule has 0 aliphatic heterocycles. The number of nitrogens with zero attached hydrogens (tertiary/aromatic N) is 1. The van der Waals surface area contributed by atoms with E-state index in [1.165, 1.54) is 12.1 Å². The van der Waals surface area contributed by atoms with Crippen LogP contribution in [-0.4, -0.2) is 18.6 Å². The summed E-state index contributed by atoms with van der Waals surface area (Å²) < 4.78 is 38.3. The molecule has 1 aromatic carbocycles. The van der Waals surface area contributed by atoms with Crippen LogP contribution in [0.3, 0.4) is 0 Å². The van der Waals surface area contributed by atoms with Crippen LogP contribution in [0.1, 0.15) is 18.1 Å². The molecular formula is C13H15F3N2S. The molecule has 6 heteroatoms. The Balaban J connectivity index is 2.85. The van der Waals surface area contributed by atoms with E-state index < -0.39 is 11.7 Å². The Morgan fingerprint density at radius 1 is 1.42 bits per heavy atom. The Bertz CT molecular complexity index is 466.